The standard InChI is InChI=1S/C26H24BrCl2N3O5S.C18H11BrCl3NO4S.C8H14N2O.CH4/c27-18-10-19(28)24(20(29)11-18)37-23-12-22(21(13-30-23)36-14-16-4-2-1-3-5-16)38(34,35)32-26(8-9-26)15-31-25(33)17-6-7-17;19-12-6-13(20)18(14(21)7-12)27-17-8-16(28(22,24)25)15(9-23-17)26-10-11-4-2-1-3-5-11;9-8(3-4-8)5-10-7(11)6-1-2-6;/h1-5,10-13,17,32H,6-9,14-15H2,(H,31,33);1-9H,10H2;6H,1-5,9H2,(H,10,11);1H4. The maximum Gasteiger partial charge on any atom is 0.265 e. The summed E-state index contributed by atoms with van der Waals surface area (Å²) in [6.07, 6.45) is 9.75. The molecule has 0 unspecified atom stereocenters. The van der Waals surface area contributed by atoms with Gasteiger partial charge < -0.3 is 35.3 Å². The Kier molecular flexibility index (Phi) is 20.7. The van der Waals surface area contributed by atoms with Gasteiger partial charge in [-0.3, -0.25) is 9.59 Å². The van der Waals surface area contributed by atoms with Gasteiger partial charge in [0.05, 0.1) is 38.0 Å². The molecule has 5 N–H and O–H groups in total. The zero-order valence-corrected chi connectivity index (χ0v) is 49.1. The third-order valence-corrected chi connectivity index (χ3v) is 17.2. The van der Waals surface area contributed by atoms with E-state index in [1.165, 1.54) is 18.5 Å². The summed E-state index contributed by atoms with van der Waals surface area (Å²) in [6, 6.07) is 27.4. The van der Waals surface area contributed by atoms with Crippen LogP contribution in [0.2, 0.25) is 20.1 Å². The summed E-state index contributed by atoms with van der Waals surface area (Å²) in [4.78, 5) is 31.1. The summed E-state index contributed by atoms with van der Waals surface area (Å²) >= 11 is 31.4. The predicted molar refractivity (Wildman–Crippen MR) is 308 cm³/mol. The zero-order valence-electron chi connectivity index (χ0n) is 40.5. The van der Waals surface area contributed by atoms with Gasteiger partial charge in [0.25, 0.3) is 9.05 Å². The highest BCUT2D eigenvalue weighted by atomic mass is 79.9. The molecule has 416 valence electrons. The molecule has 4 aromatic carbocycles. The molecule has 2 amide bonds. The molecule has 16 nitrogen and oxygen atoms in total. The van der Waals surface area contributed by atoms with Crippen LogP contribution in [0.1, 0.15) is 69.9 Å². The Morgan fingerprint density at radius 1 is 0.615 bits per heavy atom. The lowest BCUT2D eigenvalue weighted by Gasteiger charge is -2.20. The first-order valence-corrected chi connectivity index (χ1v) is 30.8. The van der Waals surface area contributed by atoms with E-state index in [-0.39, 0.29) is 115 Å². The zero-order chi connectivity index (χ0) is 55.1. The normalized spacial score (nSPS) is 15.6. The van der Waals surface area contributed by atoms with Gasteiger partial charge in [-0.1, -0.05) is 146 Å². The fraction of sp³-hybridized carbons (Fsp3) is 0.321. The molecule has 0 saturated heterocycles. The number of carbonyl (C=O) groups is 2. The maximum absolute atomic E-state index is 13.6. The van der Waals surface area contributed by atoms with Crippen LogP contribution in [0.15, 0.2) is 128 Å². The molecule has 10 rings (SSSR count). The molecule has 2 heterocycles. The Morgan fingerprint density at radius 2 is 1.01 bits per heavy atom. The van der Waals surface area contributed by atoms with E-state index in [2.05, 4.69) is 57.2 Å². The van der Waals surface area contributed by atoms with Crippen LogP contribution in [-0.2, 0) is 41.9 Å². The van der Waals surface area contributed by atoms with E-state index in [1.807, 2.05) is 60.7 Å². The minimum atomic E-state index is -4.13. The van der Waals surface area contributed by atoms with E-state index >= 15 is 0 Å². The number of pyridine rings is 2. The largest absolute Gasteiger partial charge is 0.486 e. The average molecular weight is 1340 g/mol. The highest BCUT2D eigenvalue weighted by Crippen LogP contribution is 2.43. The summed E-state index contributed by atoms with van der Waals surface area (Å²) in [7, 11) is -2.68. The molecule has 4 aliphatic rings. The number of benzene rings is 4. The fourth-order valence-electron chi connectivity index (χ4n) is 7.12. The molecule has 2 aromatic heterocycles. The van der Waals surface area contributed by atoms with Crippen LogP contribution in [0, 0.1) is 11.8 Å². The van der Waals surface area contributed by atoms with Gasteiger partial charge in [0.1, 0.15) is 23.0 Å². The third-order valence-electron chi connectivity index (χ3n) is 12.2. The number of carbonyl (C=O) groups excluding carboxylic acids is 2. The monoisotopic (exact) mass is 1330 g/mol. The lowest BCUT2D eigenvalue weighted by atomic mass is 10.2. The van der Waals surface area contributed by atoms with E-state index in [4.69, 9.17) is 81.8 Å². The number of amides is 2. The maximum atomic E-state index is 13.6. The molecule has 0 bridgehead atoms. The Balaban J connectivity index is 0.000000192. The van der Waals surface area contributed by atoms with Gasteiger partial charge in [-0.15, -0.1) is 0 Å². The van der Waals surface area contributed by atoms with Crippen molar-refractivity contribution in [1.29, 1.82) is 0 Å². The number of rotatable bonds is 20. The first-order valence-electron chi connectivity index (χ1n) is 23.9. The van der Waals surface area contributed by atoms with E-state index in [0.29, 0.717) is 34.2 Å². The van der Waals surface area contributed by atoms with Crippen LogP contribution >= 0.6 is 88.9 Å². The number of nitrogens with zero attached hydrogens (tertiary/aromatic N) is 2. The second kappa shape index (κ2) is 26.4. The van der Waals surface area contributed by atoms with Gasteiger partial charge in [0.15, 0.2) is 23.0 Å². The number of nitrogens with one attached hydrogen (secondary N) is 3. The summed E-state index contributed by atoms with van der Waals surface area (Å²) in [6.45, 7) is 1.19. The van der Waals surface area contributed by atoms with Crippen LogP contribution in [0.3, 0.4) is 0 Å². The van der Waals surface area contributed by atoms with E-state index in [0.717, 1.165) is 55.7 Å². The van der Waals surface area contributed by atoms with Crippen LogP contribution < -0.4 is 40.0 Å². The van der Waals surface area contributed by atoms with Gasteiger partial charge >= 0.3 is 0 Å². The SMILES string of the molecule is C.NC1(CNC(=O)C2CC2)CC1.O=C(NCC1(NS(=O)(=O)c2cc(Oc3c(Cl)cc(Br)cc3Cl)ncc2OCc2ccccc2)CC1)C1CC1.O=S(=O)(Cl)c1cc(Oc2c(Cl)cc(Br)cc2Cl)ncc1OCc1ccccc1. The summed E-state index contributed by atoms with van der Waals surface area (Å²) in [5.41, 5.74) is 6.73. The molecule has 0 radical (unpaired) electrons. The van der Waals surface area contributed by atoms with Crippen molar-refractivity contribution >= 4 is 120 Å². The van der Waals surface area contributed by atoms with Gasteiger partial charge in [-0.05, 0) is 86.8 Å². The van der Waals surface area contributed by atoms with Crippen molar-refractivity contribution in [2.45, 2.75) is 92.9 Å². The molecule has 0 spiro atoms. The molecule has 0 atom stereocenters. The molecule has 6 aromatic rings. The van der Waals surface area contributed by atoms with Gasteiger partial charge in [0, 0.05) is 62.2 Å². The van der Waals surface area contributed by atoms with Crippen LogP contribution in [0.5, 0.6) is 34.8 Å². The first-order chi connectivity index (χ1) is 36.6. The fourth-order valence-corrected chi connectivity index (χ4v) is 12.2. The highest BCUT2D eigenvalue weighted by molar-refractivity contribution is 9.10. The van der Waals surface area contributed by atoms with Crippen molar-refractivity contribution in [3.63, 3.8) is 0 Å². The first kappa shape index (κ1) is 61.2. The molecule has 25 heteroatoms. The molecule has 0 aliphatic heterocycles. The molecule has 4 saturated carbocycles. The molecule has 78 heavy (non-hydrogen) atoms. The highest BCUT2D eigenvalue weighted by Gasteiger charge is 2.47. The number of hydrogen-bond acceptors (Lipinski definition) is 13. The molecule has 4 aliphatic carbocycles. The number of nitrogens with two attached hydrogens (primary N) is 1. The molecular weight excluding hydrogens is 1280 g/mol. The second-order valence-corrected chi connectivity index (χ2v) is 26.4. The van der Waals surface area contributed by atoms with Crippen LogP contribution in [0.25, 0.3) is 0 Å². The van der Waals surface area contributed by atoms with Crippen molar-refractivity contribution in [2.24, 2.45) is 17.6 Å². The third kappa shape index (κ3) is 17.8. The minimum absolute atomic E-state index is 0. The second-order valence-electron chi connectivity index (χ2n) is 18.8. The molecule has 4 fully saturated rings. The number of hydrogen-bond donors (Lipinski definition) is 4. The lowest BCUT2D eigenvalue weighted by Crippen LogP contribution is -2.46. The van der Waals surface area contributed by atoms with Gasteiger partial charge in [0.2, 0.25) is 33.6 Å². The quantitative estimate of drug-likeness (QED) is 0.0522. The predicted octanol–water partition coefficient (Wildman–Crippen LogP) is 12.9. The van der Waals surface area contributed by atoms with E-state index < -0.39 is 24.6 Å². The van der Waals surface area contributed by atoms with E-state index in [9.17, 15) is 26.4 Å². The lowest BCUT2D eigenvalue weighted by molar-refractivity contribution is -0.123. The van der Waals surface area contributed by atoms with Crippen molar-refractivity contribution in [3.8, 4) is 34.8 Å². The van der Waals surface area contributed by atoms with Gasteiger partial charge in [-0.2, -0.15) is 0 Å². The number of halogens is 7. The number of sulfonamides is 1. The Labute approximate surface area is 494 Å². The topological polar surface area (TPSA) is 227 Å². The van der Waals surface area contributed by atoms with Crippen molar-refractivity contribution in [1.82, 2.24) is 25.3 Å². The Morgan fingerprint density at radius 3 is 1.40 bits per heavy atom. The average Bonchev–Trinajstić information content (AvgIpc) is 4.19. The molecular formula is C53H53Br2Cl5N6O10S2. The Bertz CT molecular complexity index is 3320. The minimum Gasteiger partial charge on any atom is -0.486 e. The van der Waals surface area contributed by atoms with Crippen molar-refractivity contribution < 1.29 is 45.4 Å². The Hall–Kier alpha value is -4.45. The smallest absolute Gasteiger partial charge is 0.265 e. The van der Waals surface area contributed by atoms with Crippen LogP contribution in [0.4, 0.5) is 0 Å². The van der Waals surface area contributed by atoms with Crippen molar-refractivity contribution in [3.05, 3.63) is 150 Å². The summed E-state index contributed by atoms with van der Waals surface area (Å²) in [5, 5.41) is 6.65. The summed E-state index contributed by atoms with van der Waals surface area (Å²) in [5.74, 6) is 0.767. The van der Waals surface area contributed by atoms with E-state index in [1.54, 1.807) is 24.3 Å². The van der Waals surface area contributed by atoms with Gasteiger partial charge in [-0.25, -0.2) is 31.5 Å². The van der Waals surface area contributed by atoms with Crippen LogP contribution in [-0.4, -0.2) is 62.8 Å². The van der Waals surface area contributed by atoms with Crippen molar-refractivity contribution in [2.75, 3.05) is 13.1 Å². The number of aromatic nitrogens is 2. The number of ether oxygens (including phenoxy) is 4. The summed E-state index contributed by atoms with van der Waals surface area (Å²) < 4.78 is 78.2.